The van der Waals surface area contributed by atoms with Crippen LogP contribution in [0.25, 0.3) is 11.0 Å². The highest BCUT2D eigenvalue weighted by molar-refractivity contribution is 7.27. The zero-order valence-corrected chi connectivity index (χ0v) is 21.4. The Balaban J connectivity index is 1.33. The number of nitrogens with one attached hydrogen (secondary N) is 2. The quantitative estimate of drug-likeness (QED) is 0.343. The van der Waals surface area contributed by atoms with E-state index in [2.05, 4.69) is 41.9 Å². The number of rotatable bonds is 6. The Hall–Kier alpha value is -3.36. The number of benzene rings is 2. The number of hydrogen-bond donors (Lipinski definition) is 2. The van der Waals surface area contributed by atoms with Crippen LogP contribution in [-0.2, 0) is 4.74 Å². The van der Waals surface area contributed by atoms with E-state index in [1.54, 1.807) is 6.20 Å². The molecule has 0 aliphatic carbocycles. The van der Waals surface area contributed by atoms with Crippen LogP contribution in [0, 0.1) is 11.6 Å². The van der Waals surface area contributed by atoms with Crippen LogP contribution in [0.5, 0.6) is 0 Å². The van der Waals surface area contributed by atoms with Gasteiger partial charge < -0.3 is 20.3 Å². The molecule has 192 valence electrons. The standard InChI is InChI=1S/C26H28F2N7OP/c27-21-13-19(37)14-22(28)23(21)31-24-20-15-29-26(32-25(20)35(33-24)18-7-11-36-12-8-18)30-16-3-5-17(6-4-16)34-9-1-2-10-34/h3-6,13-15,18H,1-2,7-12,37H2,(H,31,33)(H,29,30,32). The molecule has 6 rings (SSSR count). The first-order chi connectivity index (χ1) is 18.0. The highest BCUT2D eigenvalue weighted by Gasteiger charge is 2.24. The van der Waals surface area contributed by atoms with E-state index in [0.717, 1.165) is 31.6 Å². The first kappa shape index (κ1) is 24.0. The molecule has 37 heavy (non-hydrogen) atoms. The lowest BCUT2D eigenvalue weighted by molar-refractivity contribution is 0.0674. The zero-order chi connectivity index (χ0) is 25.4. The molecule has 11 heteroatoms. The third-order valence-corrected chi connectivity index (χ3v) is 7.22. The summed E-state index contributed by atoms with van der Waals surface area (Å²) in [7, 11) is 2.30. The smallest absolute Gasteiger partial charge is 0.229 e. The van der Waals surface area contributed by atoms with E-state index in [0.29, 0.717) is 41.3 Å². The molecule has 0 spiro atoms. The summed E-state index contributed by atoms with van der Waals surface area (Å²) in [6.45, 7) is 3.42. The van der Waals surface area contributed by atoms with Crippen molar-refractivity contribution in [3.8, 4) is 0 Å². The number of halogens is 2. The second kappa shape index (κ2) is 10.2. The first-order valence-electron chi connectivity index (χ1n) is 12.5. The molecule has 1 atom stereocenters. The Morgan fingerprint density at radius 3 is 2.38 bits per heavy atom. The van der Waals surface area contributed by atoms with Crippen LogP contribution in [0.3, 0.4) is 0 Å². The fraction of sp³-hybridized carbons (Fsp3) is 0.346. The van der Waals surface area contributed by atoms with Gasteiger partial charge in [0, 0.05) is 43.9 Å². The predicted octanol–water partition coefficient (Wildman–Crippen LogP) is 5.04. The topological polar surface area (TPSA) is 80.1 Å². The van der Waals surface area contributed by atoms with Crippen LogP contribution < -0.4 is 20.8 Å². The highest BCUT2D eigenvalue weighted by atomic mass is 31.0. The maximum atomic E-state index is 14.6. The number of anilines is 5. The molecule has 8 nitrogen and oxygen atoms in total. The van der Waals surface area contributed by atoms with Gasteiger partial charge in [0.15, 0.2) is 11.5 Å². The largest absolute Gasteiger partial charge is 0.381 e. The van der Waals surface area contributed by atoms with Gasteiger partial charge >= 0.3 is 0 Å². The lowest BCUT2D eigenvalue weighted by Crippen LogP contribution is -2.21. The SMILES string of the molecule is Fc1cc(P)cc(F)c1Nc1nn(C2CCOCC2)c2nc(Nc3ccc(N4CCCC4)cc3)ncc12. The number of fused-ring (bicyclic) bond motifs is 1. The lowest BCUT2D eigenvalue weighted by atomic mass is 10.1. The number of aromatic nitrogens is 4. The minimum absolute atomic E-state index is 0.0541. The molecule has 2 aliphatic heterocycles. The Bertz CT molecular complexity index is 1390. The van der Waals surface area contributed by atoms with Crippen molar-refractivity contribution in [2.45, 2.75) is 31.7 Å². The van der Waals surface area contributed by atoms with Crippen molar-refractivity contribution < 1.29 is 13.5 Å². The van der Waals surface area contributed by atoms with Crippen LogP contribution in [0.15, 0.2) is 42.6 Å². The fourth-order valence-corrected chi connectivity index (χ4v) is 5.24. The second-order valence-corrected chi connectivity index (χ2v) is 10.1. The average molecular weight is 524 g/mol. The van der Waals surface area contributed by atoms with E-state index in [9.17, 15) is 8.78 Å². The zero-order valence-electron chi connectivity index (χ0n) is 20.3. The van der Waals surface area contributed by atoms with Gasteiger partial charge in [-0.05, 0) is 67.4 Å². The summed E-state index contributed by atoms with van der Waals surface area (Å²) in [4.78, 5) is 11.6. The van der Waals surface area contributed by atoms with Gasteiger partial charge in [-0.2, -0.15) is 10.1 Å². The molecule has 2 aromatic carbocycles. The lowest BCUT2D eigenvalue weighted by Gasteiger charge is -2.22. The van der Waals surface area contributed by atoms with Crippen LogP contribution in [0.4, 0.5) is 37.6 Å². The molecule has 0 radical (unpaired) electrons. The van der Waals surface area contributed by atoms with E-state index in [1.807, 2.05) is 16.8 Å². The molecule has 4 aromatic rings. The molecule has 1 unspecified atom stereocenters. The van der Waals surface area contributed by atoms with E-state index in [1.165, 1.54) is 30.7 Å². The van der Waals surface area contributed by atoms with Crippen LogP contribution in [-0.4, -0.2) is 46.1 Å². The molecule has 2 aliphatic rings. The maximum Gasteiger partial charge on any atom is 0.229 e. The van der Waals surface area contributed by atoms with Crippen molar-refractivity contribution in [3.05, 3.63) is 54.2 Å². The Kier molecular flexibility index (Phi) is 6.61. The maximum absolute atomic E-state index is 14.6. The van der Waals surface area contributed by atoms with Gasteiger partial charge in [-0.25, -0.2) is 18.4 Å². The minimum Gasteiger partial charge on any atom is -0.381 e. The van der Waals surface area contributed by atoms with Crippen LogP contribution >= 0.6 is 9.24 Å². The summed E-state index contributed by atoms with van der Waals surface area (Å²) >= 11 is 0. The normalized spacial score (nSPS) is 16.5. The van der Waals surface area contributed by atoms with E-state index >= 15 is 0 Å². The molecule has 2 fully saturated rings. The average Bonchev–Trinajstić information content (AvgIpc) is 3.56. The molecule has 0 bridgehead atoms. The van der Waals surface area contributed by atoms with Gasteiger partial charge in [0.1, 0.15) is 17.3 Å². The van der Waals surface area contributed by atoms with Crippen molar-refractivity contribution in [2.75, 3.05) is 41.8 Å². The molecular weight excluding hydrogens is 495 g/mol. The summed E-state index contributed by atoms with van der Waals surface area (Å²) in [6.07, 6.45) is 5.63. The van der Waals surface area contributed by atoms with Crippen molar-refractivity contribution >= 4 is 54.4 Å². The van der Waals surface area contributed by atoms with Gasteiger partial charge in [0.2, 0.25) is 5.95 Å². The van der Waals surface area contributed by atoms with Crippen molar-refractivity contribution in [1.29, 1.82) is 0 Å². The number of nitrogens with zero attached hydrogens (tertiary/aromatic N) is 5. The number of hydrogen-bond acceptors (Lipinski definition) is 7. The van der Waals surface area contributed by atoms with Gasteiger partial charge in [0.05, 0.1) is 11.4 Å². The van der Waals surface area contributed by atoms with Crippen LogP contribution in [0.2, 0.25) is 0 Å². The number of ether oxygens (including phenoxy) is 1. The fourth-order valence-electron chi connectivity index (χ4n) is 4.95. The molecule has 2 aromatic heterocycles. The van der Waals surface area contributed by atoms with Gasteiger partial charge in [0.25, 0.3) is 0 Å². The summed E-state index contributed by atoms with van der Waals surface area (Å²) in [5.74, 6) is -0.672. The van der Waals surface area contributed by atoms with Gasteiger partial charge in [-0.1, -0.05) is 0 Å². The Morgan fingerprint density at radius 2 is 1.68 bits per heavy atom. The van der Waals surface area contributed by atoms with Crippen molar-refractivity contribution in [1.82, 2.24) is 19.7 Å². The third kappa shape index (κ3) is 4.95. The van der Waals surface area contributed by atoms with Crippen LogP contribution in [0.1, 0.15) is 31.7 Å². The molecule has 0 amide bonds. The molecule has 4 heterocycles. The summed E-state index contributed by atoms with van der Waals surface area (Å²) in [6, 6.07) is 10.8. The second-order valence-electron chi connectivity index (χ2n) is 9.42. The van der Waals surface area contributed by atoms with Gasteiger partial charge in [-0.3, -0.25) is 0 Å². The highest BCUT2D eigenvalue weighted by Crippen LogP contribution is 2.32. The van der Waals surface area contributed by atoms with E-state index in [4.69, 9.17) is 14.8 Å². The summed E-state index contributed by atoms with van der Waals surface area (Å²) < 4.78 is 36.5. The Labute approximate surface area is 215 Å². The molecule has 0 saturated carbocycles. The first-order valence-corrected chi connectivity index (χ1v) is 13.1. The molecule has 2 N–H and O–H groups in total. The van der Waals surface area contributed by atoms with E-state index < -0.39 is 11.6 Å². The summed E-state index contributed by atoms with van der Waals surface area (Å²) in [5, 5.41) is 11.8. The molecular formula is C26H28F2N7OP. The van der Waals surface area contributed by atoms with E-state index in [-0.39, 0.29) is 11.7 Å². The van der Waals surface area contributed by atoms with Crippen molar-refractivity contribution in [3.63, 3.8) is 0 Å². The Morgan fingerprint density at radius 1 is 0.973 bits per heavy atom. The van der Waals surface area contributed by atoms with Gasteiger partial charge in [-0.15, -0.1) is 9.24 Å². The summed E-state index contributed by atoms with van der Waals surface area (Å²) in [5.41, 5.74) is 2.41. The van der Waals surface area contributed by atoms with Crippen molar-refractivity contribution in [2.24, 2.45) is 0 Å². The molecule has 2 saturated heterocycles. The predicted molar refractivity (Wildman–Crippen MR) is 145 cm³/mol. The third-order valence-electron chi connectivity index (χ3n) is 6.89. The monoisotopic (exact) mass is 523 g/mol. The minimum atomic E-state index is -0.699.